The highest BCUT2D eigenvalue weighted by Gasteiger charge is 2.39. The summed E-state index contributed by atoms with van der Waals surface area (Å²) in [6.07, 6.45) is -5.11. The molecule has 0 saturated heterocycles. The first-order chi connectivity index (χ1) is 18.3. The topological polar surface area (TPSA) is 75.0 Å². The molecule has 3 aromatic carbocycles. The van der Waals surface area contributed by atoms with Crippen LogP contribution < -0.4 is 19.6 Å². The summed E-state index contributed by atoms with van der Waals surface area (Å²) < 4.78 is 128. The highest BCUT2D eigenvalue weighted by atomic mass is 19.4. The van der Waals surface area contributed by atoms with Gasteiger partial charge >= 0.3 is 12.1 Å². The Kier molecular flexibility index (Phi) is 7.22. The van der Waals surface area contributed by atoms with Crippen molar-refractivity contribution in [2.24, 2.45) is 0 Å². The molecule has 0 bridgehead atoms. The fraction of sp³-hybridized carbons (Fsp3) is 0.120. The van der Waals surface area contributed by atoms with Gasteiger partial charge < -0.3 is 18.6 Å². The summed E-state index contributed by atoms with van der Waals surface area (Å²) in [5.41, 5.74) is -2.57. The van der Waals surface area contributed by atoms with Gasteiger partial charge in [-0.25, -0.2) is 18.0 Å². The van der Waals surface area contributed by atoms with Gasteiger partial charge in [0.1, 0.15) is 17.1 Å². The Labute approximate surface area is 211 Å². The van der Waals surface area contributed by atoms with E-state index >= 15 is 0 Å². The predicted octanol–water partition coefficient (Wildman–Crippen LogP) is 6.17. The predicted molar refractivity (Wildman–Crippen MR) is 117 cm³/mol. The third-order valence-corrected chi connectivity index (χ3v) is 5.24. The largest absolute Gasteiger partial charge is 0.497 e. The molecule has 6 nitrogen and oxygen atoms in total. The van der Waals surface area contributed by atoms with Crippen LogP contribution in [0.25, 0.3) is 22.1 Å². The highest BCUT2D eigenvalue weighted by molar-refractivity contribution is 5.85. The zero-order valence-electron chi connectivity index (χ0n) is 19.2. The van der Waals surface area contributed by atoms with E-state index < -0.39 is 81.7 Å². The monoisotopic (exact) mass is 560 g/mol. The number of fused-ring (bicyclic) bond motifs is 1. The normalized spacial score (nSPS) is 11.5. The van der Waals surface area contributed by atoms with Crippen molar-refractivity contribution in [2.45, 2.75) is 6.18 Å². The molecule has 0 amide bonds. The van der Waals surface area contributed by atoms with Crippen LogP contribution in [0.2, 0.25) is 0 Å². The molecule has 0 spiro atoms. The molecule has 0 saturated carbocycles. The molecule has 39 heavy (non-hydrogen) atoms. The van der Waals surface area contributed by atoms with Gasteiger partial charge in [-0.3, -0.25) is 4.79 Å². The summed E-state index contributed by atoms with van der Waals surface area (Å²) >= 11 is 0. The van der Waals surface area contributed by atoms with Crippen molar-refractivity contribution in [3.05, 3.63) is 87.5 Å². The first kappa shape index (κ1) is 27.4. The number of carbonyl (C=O) groups is 1. The Bertz CT molecular complexity index is 1620. The lowest BCUT2D eigenvalue weighted by Crippen LogP contribution is -2.20. The Morgan fingerprint density at radius 3 is 1.97 bits per heavy atom. The van der Waals surface area contributed by atoms with E-state index in [1.165, 1.54) is 31.4 Å². The van der Waals surface area contributed by atoms with Crippen LogP contribution in [0.1, 0.15) is 5.76 Å². The second-order valence-corrected chi connectivity index (χ2v) is 7.68. The van der Waals surface area contributed by atoms with Crippen LogP contribution in [0.4, 0.5) is 35.1 Å². The van der Waals surface area contributed by atoms with Crippen molar-refractivity contribution in [1.82, 2.24) is 0 Å². The molecule has 0 N–H and O–H groups in total. The van der Waals surface area contributed by atoms with E-state index in [4.69, 9.17) is 13.9 Å². The number of alkyl halides is 3. The highest BCUT2D eigenvalue weighted by Crippen LogP contribution is 2.38. The molecule has 0 atom stereocenters. The summed E-state index contributed by atoms with van der Waals surface area (Å²) in [4.78, 5) is 25.0. The van der Waals surface area contributed by atoms with E-state index in [0.717, 1.165) is 18.2 Å². The van der Waals surface area contributed by atoms with Crippen molar-refractivity contribution in [2.75, 3.05) is 13.7 Å². The van der Waals surface area contributed by atoms with Gasteiger partial charge in [0.05, 0.1) is 18.1 Å². The number of benzene rings is 3. The number of halogens is 8. The zero-order chi connectivity index (χ0) is 28.6. The fourth-order valence-corrected chi connectivity index (χ4v) is 3.46. The fourth-order valence-electron chi connectivity index (χ4n) is 3.46. The summed E-state index contributed by atoms with van der Waals surface area (Å²) in [6.45, 7) is -1.36. The number of ether oxygens (including phenoxy) is 3. The first-order valence-corrected chi connectivity index (χ1v) is 10.5. The first-order valence-electron chi connectivity index (χ1n) is 10.5. The maximum Gasteiger partial charge on any atom is 0.450 e. The Morgan fingerprint density at radius 2 is 1.41 bits per heavy atom. The lowest BCUT2D eigenvalue weighted by Gasteiger charge is -2.14. The lowest BCUT2D eigenvalue weighted by molar-refractivity contribution is -0.152. The second kappa shape index (κ2) is 10.3. The average Bonchev–Trinajstić information content (AvgIpc) is 2.90. The number of esters is 1. The minimum Gasteiger partial charge on any atom is -0.497 e. The van der Waals surface area contributed by atoms with Crippen LogP contribution in [-0.2, 0) is 11.0 Å². The Morgan fingerprint density at radius 1 is 0.846 bits per heavy atom. The van der Waals surface area contributed by atoms with E-state index in [-0.39, 0.29) is 10.9 Å². The molecule has 4 aromatic rings. The van der Waals surface area contributed by atoms with Crippen molar-refractivity contribution in [3.8, 4) is 28.4 Å². The maximum atomic E-state index is 13.8. The smallest absolute Gasteiger partial charge is 0.450 e. The van der Waals surface area contributed by atoms with Crippen molar-refractivity contribution in [1.29, 1.82) is 0 Å². The maximum absolute atomic E-state index is 13.8. The summed E-state index contributed by atoms with van der Waals surface area (Å²) in [5.74, 6) is -16.7. The van der Waals surface area contributed by atoms with Crippen LogP contribution in [0.3, 0.4) is 0 Å². The molecule has 0 fully saturated rings. The SMILES string of the molecule is COc1ccc(-c2c(C(F)(F)F)oc3cc(OC(=O)COc4c(F)c(F)c(F)c(F)c4F)ccc3c2=O)cc1. The molecule has 204 valence electrons. The zero-order valence-corrected chi connectivity index (χ0v) is 19.2. The molecule has 0 unspecified atom stereocenters. The van der Waals surface area contributed by atoms with Gasteiger partial charge in [-0.2, -0.15) is 22.0 Å². The standard InChI is InChI=1S/C25H12F8O6/c1-36-11-4-2-10(3-5-11)16-22(35)13-7-6-12(8-14(13)39-24(16)25(31,32)33)38-15(34)9-37-23-20(29)18(27)17(26)19(28)21(23)30/h2-8H,9H2,1H3. The average molecular weight is 560 g/mol. The van der Waals surface area contributed by atoms with Gasteiger partial charge in [0.25, 0.3) is 0 Å². The van der Waals surface area contributed by atoms with Crippen molar-refractivity contribution < 1.29 is 58.5 Å². The van der Waals surface area contributed by atoms with Gasteiger partial charge in [0.2, 0.25) is 40.3 Å². The molecule has 4 rings (SSSR count). The molecule has 14 heteroatoms. The molecular weight excluding hydrogens is 548 g/mol. The molecular formula is C25H12F8O6. The number of methoxy groups -OCH3 is 1. The summed E-state index contributed by atoms with van der Waals surface area (Å²) in [5, 5.41) is -0.314. The van der Waals surface area contributed by atoms with Crippen LogP contribution in [0, 0.1) is 29.1 Å². The van der Waals surface area contributed by atoms with Gasteiger partial charge in [-0.1, -0.05) is 12.1 Å². The van der Waals surface area contributed by atoms with Crippen LogP contribution in [-0.4, -0.2) is 19.7 Å². The Balaban J connectivity index is 1.64. The third-order valence-electron chi connectivity index (χ3n) is 5.24. The molecule has 0 radical (unpaired) electrons. The van der Waals surface area contributed by atoms with E-state index in [1.807, 2.05) is 0 Å². The third kappa shape index (κ3) is 5.22. The van der Waals surface area contributed by atoms with Gasteiger partial charge in [0.15, 0.2) is 12.4 Å². The molecule has 1 aromatic heterocycles. The Hall–Kier alpha value is -4.62. The molecule has 0 aliphatic rings. The lowest BCUT2D eigenvalue weighted by atomic mass is 10.0. The van der Waals surface area contributed by atoms with E-state index in [9.17, 15) is 44.7 Å². The van der Waals surface area contributed by atoms with Crippen LogP contribution >= 0.6 is 0 Å². The van der Waals surface area contributed by atoms with Crippen LogP contribution in [0.5, 0.6) is 17.2 Å². The van der Waals surface area contributed by atoms with Gasteiger partial charge in [-0.15, -0.1) is 0 Å². The van der Waals surface area contributed by atoms with Crippen LogP contribution in [0.15, 0.2) is 51.7 Å². The second-order valence-electron chi connectivity index (χ2n) is 7.68. The molecule has 1 heterocycles. The quantitative estimate of drug-likeness (QED) is 0.0924. The number of hydrogen-bond acceptors (Lipinski definition) is 6. The van der Waals surface area contributed by atoms with Gasteiger partial charge in [0, 0.05) is 6.07 Å². The van der Waals surface area contributed by atoms with E-state index in [2.05, 4.69) is 4.74 Å². The summed E-state index contributed by atoms with van der Waals surface area (Å²) in [6, 6.07) is 7.91. The van der Waals surface area contributed by atoms with Gasteiger partial charge in [-0.05, 0) is 29.8 Å². The van der Waals surface area contributed by atoms with E-state index in [1.54, 1.807) is 0 Å². The molecule has 0 aliphatic heterocycles. The van der Waals surface area contributed by atoms with E-state index in [0.29, 0.717) is 5.75 Å². The number of rotatable bonds is 6. The number of hydrogen-bond donors (Lipinski definition) is 0. The minimum absolute atomic E-state index is 0.112. The minimum atomic E-state index is -5.11. The summed E-state index contributed by atoms with van der Waals surface area (Å²) in [7, 11) is 1.34. The van der Waals surface area contributed by atoms with Crippen molar-refractivity contribution in [3.63, 3.8) is 0 Å². The molecule has 0 aliphatic carbocycles. The number of carbonyl (C=O) groups excluding carboxylic acids is 1. The van der Waals surface area contributed by atoms with Crippen molar-refractivity contribution >= 4 is 16.9 Å².